The van der Waals surface area contributed by atoms with Crippen molar-refractivity contribution >= 4 is 0 Å². The zero-order chi connectivity index (χ0) is 11.5. The number of hydrogen-bond acceptors (Lipinski definition) is 2. The van der Waals surface area contributed by atoms with Crippen molar-refractivity contribution in [2.75, 3.05) is 13.7 Å². The second-order valence-corrected chi connectivity index (χ2v) is 3.03. The van der Waals surface area contributed by atoms with E-state index in [1.807, 2.05) is 0 Å². The Bertz CT molecular complexity index is 339. The molecule has 1 rings (SSSR count). The van der Waals surface area contributed by atoms with Crippen molar-refractivity contribution in [3.8, 4) is 5.75 Å². The Morgan fingerprint density at radius 2 is 2.07 bits per heavy atom. The molecule has 0 fully saturated rings. The van der Waals surface area contributed by atoms with Gasteiger partial charge in [0.15, 0.2) is 11.6 Å². The average molecular weight is 220 g/mol. The summed E-state index contributed by atoms with van der Waals surface area (Å²) in [6.45, 7) is -0.632. The molecular formula is C10H11F3O2. The lowest BCUT2D eigenvalue weighted by Crippen LogP contribution is -2.15. The molecule has 15 heavy (non-hydrogen) atoms. The van der Waals surface area contributed by atoms with Crippen LogP contribution in [0.5, 0.6) is 5.75 Å². The number of ether oxygens (including phenoxy) is 1. The molecule has 1 N–H and O–H groups in total. The van der Waals surface area contributed by atoms with Gasteiger partial charge in [-0.1, -0.05) is 0 Å². The highest BCUT2D eigenvalue weighted by molar-refractivity contribution is 5.32. The van der Waals surface area contributed by atoms with Gasteiger partial charge in [0.2, 0.25) is 0 Å². The minimum atomic E-state index is -3.17. The number of methoxy groups -OCH3 is 1. The lowest BCUT2D eigenvalue weighted by atomic mass is 10.1. The lowest BCUT2D eigenvalue weighted by Gasteiger charge is -2.16. The van der Waals surface area contributed by atoms with E-state index in [4.69, 9.17) is 5.11 Å². The molecule has 0 radical (unpaired) electrons. The third-order valence-corrected chi connectivity index (χ3v) is 2.00. The molecule has 0 unspecified atom stereocenters. The van der Waals surface area contributed by atoms with Crippen LogP contribution in [0.25, 0.3) is 0 Å². The van der Waals surface area contributed by atoms with E-state index in [2.05, 4.69) is 4.74 Å². The fraction of sp³-hybridized carbons (Fsp3) is 0.400. The van der Waals surface area contributed by atoms with Gasteiger partial charge in [0, 0.05) is 18.6 Å². The van der Waals surface area contributed by atoms with Gasteiger partial charge in [0.25, 0.3) is 5.92 Å². The maximum atomic E-state index is 13.3. The minimum Gasteiger partial charge on any atom is -0.494 e. The van der Waals surface area contributed by atoms with Crippen LogP contribution in [-0.4, -0.2) is 18.8 Å². The largest absolute Gasteiger partial charge is 0.494 e. The second-order valence-electron chi connectivity index (χ2n) is 3.03. The van der Waals surface area contributed by atoms with Gasteiger partial charge in [-0.25, -0.2) is 13.2 Å². The van der Waals surface area contributed by atoms with E-state index >= 15 is 0 Å². The molecule has 0 bridgehead atoms. The Kier molecular flexibility index (Phi) is 3.57. The predicted molar refractivity (Wildman–Crippen MR) is 48.5 cm³/mol. The van der Waals surface area contributed by atoms with E-state index in [-0.39, 0.29) is 11.3 Å². The smallest absolute Gasteiger partial charge is 0.275 e. The summed E-state index contributed by atoms with van der Waals surface area (Å²) in [5, 5.41) is 8.46. The van der Waals surface area contributed by atoms with Crippen molar-refractivity contribution in [3.63, 3.8) is 0 Å². The van der Waals surface area contributed by atoms with Gasteiger partial charge in [-0.3, -0.25) is 0 Å². The van der Waals surface area contributed by atoms with Crippen molar-refractivity contribution in [3.05, 3.63) is 29.6 Å². The summed E-state index contributed by atoms with van der Waals surface area (Å²) >= 11 is 0. The fourth-order valence-electron chi connectivity index (χ4n) is 1.17. The molecule has 1 aromatic carbocycles. The van der Waals surface area contributed by atoms with Gasteiger partial charge in [-0.05, 0) is 18.2 Å². The number of rotatable bonds is 4. The first-order valence-electron chi connectivity index (χ1n) is 4.34. The van der Waals surface area contributed by atoms with Crippen LogP contribution in [-0.2, 0) is 5.92 Å². The standard InChI is InChI=1S/C10H11F3O2/c1-15-9-6-7(2-3-8(9)11)10(12,13)4-5-14/h2-3,6,14H,4-5H2,1H3. The van der Waals surface area contributed by atoms with Crippen molar-refractivity contribution < 1.29 is 23.0 Å². The number of hydrogen-bond donors (Lipinski definition) is 1. The summed E-state index contributed by atoms with van der Waals surface area (Å²) in [7, 11) is 1.20. The summed E-state index contributed by atoms with van der Waals surface area (Å²) in [5.74, 6) is -4.10. The Labute approximate surface area is 85.3 Å². The van der Waals surface area contributed by atoms with Crippen LogP contribution >= 0.6 is 0 Å². The van der Waals surface area contributed by atoms with Crippen LogP contribution < -0.4 is 4.74 Å². The van der Waals surface area contributed by atoms with Gasteiger partial charge in [-0.15, -0.1) is 0 Å². The summed E-state index contributed by atoms with van der Waals surface area (Å²) < 4.78 is 44.0. The molecule has 0 atom stereocenters. The summed E-state index contributed by atoms with van der Waals surface area (Å²) in [5.41, 5.74) is -0.366. The monoisotopic (exact) mass is 220 g/mol. The lowest BCUT2D eigenvalue weighted by molar-refractivity contribution is -0.0271. The van der Waals surface area contributed by atoms with E-state index in [1.165, 1.54) is 7.11 Å². The normalized spacial score (nSPS) is 11.5. The third kappa shape index (κ3) is 2.62. The second kappa shape index (κ2) is 4.53. The number of benzene rings is 1. The van der Waals surface area contributed by atoms with Crippen LogP contribution in [0.4, 0.5) is 13.2 Å². The van der Waals surface area contributed by atoms with Crippen molar-refractivity contribution in [2.24, 2.45) is 0 Å². The molecule has 0 amide bonds. The Morgan fingerprint density at radius 1 is 1.40 bits per heavy atom. The van der Waals surface area contributed by atoms with Crippen LogP contribution in [0.1, 0.15) is 12.0 Å². The molecule has 0 spiro atoms. The zero-order valence-electron chi connectivity index (χ0n) is 8.14. The molecule has 0 aliphatic heterocycles. The summed E-state index contributed by atoms with van der Waals surface area (Å²) in [6.07, 6.45) is -0.693. The molecule has 5 heteroatoms. The molecule has 0 aliphatic rings. The molecule has 0 saturated carbocycles. The number of alkyl halides is 2. The summed E-state index contributed by atoms with van der Waals surface area (Å²) in [6, 6.07) is 2.83. The van der Waals surface area contributed by atoms with Gasteiger partial charge >= 0.3 is 0 Å². The molecular weight excluding hydrogens is 209 g/mol. The molecule has 0 heterocycles. The maximum Gasteiger partial charge on any atom is 0.275 e. The highest BCUT2D eigenvalue weighted by Gasteiger charge is 2.31. The molecule has 1 aromatic rings. The van der Waals surface area contributed by atoms with Crippen LogP contribution in [0.2, 0.25) is 0 Å². The quantitative estimate of drug-likeness (QED) is 0.843. The number of halogens is 3. The zero-order valence-corrected chi connectivity index (χ0v) is 8.14. The van der Waals surface area contributed by atoms with Crippen molar-refractivity contribution in [1.82, 2.24) is 0 Å². The van der Waals surface area contributed by atoms with Crippen LogP contribution in [0, 0.1) is 5.82 Å². The van der Waals surface area contributed by atoms with E-state index < -0.39 is 24.8 Å². The molecule has 0 aromatic heterocycles. The van der Waals surface area contributed by atoms with Crippen LogP contribution in [0.15, 0.2) is 18.2 Å². The topological polar surface area (TPSA) is 29.5 Å². The Morgan fingerprint density at radius 3 is 2.60 bits per heavy atom. The molecule has 0 saturated heterocycles. The van der Waals surface area contributed by atoms with Gasteiger partial charge in [-0.2, -0.15) is 0 Å². The van der Waals surface area contributed by atoms with E-state index in [0.29, 0.717) is 0 Å². The SMILES string of the molecule is COc1cc(C(F)(F)CCO)ccc1F. The summed E-state index contributed by atoms with van der Waals surface area (Å²) in [4.78, 5) is 0. The first-order valence-corrected chi connectivity index (χ1v) is 4.34. The number of aliphatic hydroxyl groups excluding tert-OH is 1. The number of aliphatic hydroxyl groups is 1. The van der Waals surface area contributed by atoms with E-state index in [1.54, 1.807) is 0 Å². The molecule has 2 nitrogen and oxygen atoms in total. The molecule has 0 aliphatic carbocycles. The first-order chi connectivity index (χ1) is 7.01. The highest BCUT2D eigenvalue weighted by atomic mass is 19.3. The molecule has 84 valence electrons. The third-order valence-electron chi connectivity index (χ3n) is 2.00. The van der Waals surface area contributed by atoms with E-state index in [9.17, 15) is 13.2 Å². The van der Waals surface area contributed by atoms with Crippen LogP contribution in [0.3, 0.4) is 0 Å². The Balaban J connectivity index is 3.04. The van der Waals surface area contributed by atoms with Gasteiger partial charge in [0.05, 0.1) is 7.11 Å². The first kappa shape index (κ1) is 11.8. The van der Waals surface area contributed by atoms with E-state index in [0.717, 1.165) is 18.2 Å². The fourth-order valence-corrected chi connectivity index (χ4v) is 1.17. The van der Waals surface area contributed by atoms with Crippen molar-refractivity contribution in [1.29, 1.82) is 0 Å². The average Bonchev–Trinajstić information content (AvgIpc) is 2.18. The minimum absolute atomic E-state index is 0.231. The van der Waals surface area contributed by atoms with Gasteiger partial charge in [0.1, 0.15) is 0 Å². The van der Waals surface area contributed by atoms with Crippen molar-refractivity contribution in [2.45, 2.75) is 12.3 Å². The highest BCUT2D eigenvalue weighted by Crippen LogP contribution is 2.33. The van der Waals surface area contributed by atoms with Gasteiger partial charge < -0.3 is 9.84 Å². The maximum absolute atomic E-state index is 13.3. The Hall–Kier alpha value is -1.23. The predicted octanol–water partition coefficient (Wildman–Crippen LogP) is 2.31.